The number of aryl methyl sites for hydroxylation is 1. The van der Waals surface area contributed by atoms with E-state index in [0.717, 1.165) is 24.1 Å². The van der Waals surface area contributed by atoms with Gasteiger partial charge in [-0.05, 0) is 63.1 Å². The number of nitrogens with zero attached hydrogens (tertiary/aromatic N) is 1. The second-order valence-electron chi connectivity index (χ2n) is 10.1. The van der Waals surface area contributed by atoms with Crippen molar-refractivity contribution in [2.45, 2.75) is 70.3 Å². The Labute approximate surface area is 225 Å². The van der Waals surface area contributed by atoms with Crippen molar-refractivity contribution in [3.05, 3.63) is 71.8 Å². The number of likely N-dealkylation sites (tertiary alicyclic amines) is 1. The van der Waals surface area contributed by atoms with E-state index >= 15 is 0 Å². The fourth-order valence-electron chi connectivity index (χ4n) is 5.54. The maximum Gasteiger partial charge on any atom is 0.329 e. The minimum absolute atomic E-state index is 0.0832. The molecule has 2 aromatic carbocycles. The number of benzene rings is 2. The molecule has 5 atom stereocenters. The van der Waals surface area contributed by atoms with Crippen LogP contribution in [0.4, 0.5) is 0 Å². The van der Waals surface area contributed by atoms with Gasteiger partial charge < -0.3 is 19.7 Å². The first-order valence-corrected chi connectivity index (χ1v) is 13.7. The lowest BCUT2D eigenvalue weighted by atomic mass is 9.92. The summed E-state index contributed by atoms with van der Waals surface area (Å²) in [5, 5.41) is 6.59. The van der Waals surface area contributed by atoms with Crippen LogP contribution in [0.5, 0.6) is 0 Å². The highest BCUT2D eigenvalue weighted by Crippen LogP contribution is 2.35. The average molecular weight is 522 g/mol. The van der Waals surface area contributed by atoms with Crippen molar-refractivity contribution in [1.29, 1.82) is 0 Å². The molecule has 4 rings (SSSR count). The van der Waals surface area contributed by atoms with E-state index in [1.807, 2.05) is 60.7 Å². The van der Waals surface area contributed by atoms with Crippen LogP contribution in [-0.4, -0.2) is 66.6 Å². The summed E-state index contributed by atoms with van der Waals surface area (Å²) in [6.45, 7) is 5.47. The van der Waals surface area contributed by atoms with Crippen LogP contribution >= 0.6 is 0 Å². The molecular formula is C30H39N3O5. The van der Waals surface area contributed by atoms with Gasteiger partial charge >= 0.3 is 11.9 Å². The number of carbonyl (C=O) groups is 3. The zero-order valence-electron chi connectivity index (χ0n) is 22.3. The summed E-state index contributed by atoms with van der Waals surface area (Å²) in [7, 11) is 0. The topological polar surface area (TPSA) is 97.0 Å². The maximum atomic E-state index is 13.9. The molecule has 0 radical (unpaired) electrons. The second kappa shape index (κ2) is 13.5. The number of fused-ring (bicyclic) bond motifs is 1. The number of amides is 1. The van der Waals surface area contributed by atoms with Crippen LogP contribution < -0.4 is 10.6 Å². The van der Waals surface area contributed by atoms with E-state index in [9.17, 15) is 14.4 Å². The Balaban J connectivity index is 1.45. The summed E-state index contributed by atoms with van der Waals surface area (Å²) in [5.41, 5.74) is 2.01. The standard InChI is InChI=1S/C30H39N3O5/c1-3-37-29(35)25(15-14-22-10-6-4-7-11-22)32-21(2)28(34)33-26(18-24-16-17-31-19-27(24)33)30(36)38-20-23-12-8-5-9-13-23/h4-13,21,24-27,31-32H,3,14-20H2,1-2H3/t21-,24+,25+,26+,27+/m1/s1. The number of ether oxygens (including phenoxy) is 2. The van der Waals surface area contributed by atoms with Crippen molar-refractivity contribution < 1.29 is 23.9 Å². The van der Waals surface area contributed by atoms with Crippen molar-refractivity contribution in [2.24, 2.45) is 5.92 Å². The molecule has 2 aliphatic heterocycles. The highest BCUT2D eigenvalue weighted by molar-refractivity contribution is 5.89. The quantitative estimate of drug-likeness (QED) is 0.439. The minimum Gasteiger partial charge on any atom is -0.465 e. The number of carbonyl (C=O) groups excluding carboxylic acids is 3. The van der Waals surface area contributed by atoms with Crippen LogP contribution in [0.25, 0.3) is 0 Å². The van der Waals surface area contributed by atoms with Crippen molar-refractivity contribution in [3.8, 4) is 0 Å². The van der Waals surface area contributed by atoms with Crippen molar-refractivity contribution in [1.82, 2.24) is 15.5 Å². The number of nitrogens with one attached hydrogen (secondary N) is 2. The van der Waals surface area contributed by atoms with Crippen molar-refractivity contribution >= 4 is 17.8 Å². The molecule has 2 N–H and O–H groups in total. The van der Waals surface area contributed by atoms with Gasteiger partial charge in [-0.3, -0.25) is 14.9 Å². The third-order valence-electron chi connectivity index (χ3n) is 7.52. The van der Waals surface area contributed by atoms with Gasteiger partial charge in [0.15, 0.2) is 0 Å². The molecule has 2 fully saturated rings. The van der Waals surface area contributed by atoms with Crippen molar-refractivity contribution in [2.75, 3.05) is 19.7 Å². The predicted molar refractivity (Wildman–Crippen MR) is 144 cm³/mol. The number of esters is 2. The molecule has 204 valence electrons. The van der Waals surface area contributed by atoms with Gasteiger partial charge in [-0.25, -0.2) is 4.79 Å². The van der Waals surface area contributed by atoms with Crippen LogP contribution in [0.3, 0.4) is 0 Å². The molecule has 0 aliphatic carbocycles. The number of hydrogen-bond acceptors (Lipinski definition) is 7. The molecule has 38 heavy (non-hydrogen) atoms. The molecule has 0 aromatic heterocycles. The first-order valence-electron chi connectivity index (χ1n) is 13.7. The Kier molecular flexibility index (Phi) is 9.90. The molecule has 0 bridgehead atoms. The Bertz CT molecular complexity index is 1060. The van der Waals surface area contributed by atoms with E-state index < -0.39 is 18.1 Å². The molecular weight excluding hydrogens is 482 g/mol. The lowest BCUT2D eigenvalue weighted by molar-refractivity contribution is -0.156. The summed E-state index contributed by atoms with van der Waals surface area (Å²) in [6, 6.07) is 17.4. The number of rotatable bonds is 11. The van der Waals surface area contributed by atoms with E-state index in [0.29, 0.717) is 25.8 Å². The zero-order valence-corrected chi connectivity index (χ0v) is 22.3. The first-order chi connectivity index (χ1) is 18.5. The third-order valence-corrected chi connectivity index (χ3v) is 7.52. The molecule has 2 heterocycles. The van der Waals surface area contributed by atoms with Gasteiger partial charge in [0, 0.05) is 12.6 Å². The molecule has 0 unspecified atom stereocenters. The summed E-state index contributed by atoms with van der Waals surface area (Å²) in [4.78, 5) is 41.6. The molecule has 2 saturated heterocycles. The largest absolute Gasteiger partial charge is 0.465 e. The summed E-state index contributed by atoms with van der Waals surface area (Å²) < 4.78 is 11.0. The van der Waals surface area contributed by atoms with E-state index in [1.165, 1.54) is 0 Å². The zero-order chi connectivity index (χ0) is 26.9. The molecule has 8 nitrogen and oxygen atoms in total. The van der Waals surface area contributed by atoms with Gasteiger partial charge in [0.1, 0.15) is 18.7 Å². The Morgan fingerprint density at radius 1 is 1.03 bits per heavy atom. The van der Waals surface area contributed by atoms with Gasteiger partial charge in [-0.15, -0.1) is 0 Å². The monoisotopic (exact) mass is 521 g/mol. The number of piperidine rings is 1. The van der Waals surface area contributed by atoms with Crippen LogP contribution in [-0.2, 0) is 36.9 Å². The highest BCUT2D eigenvalue weighted by atomic mass is 16.5. The van der Waals surface area contributed by atoms with Gasteiger partial charge in [0.05, 0.1) is 12.6 Å². The first kappa shape index (κ1) is 27.8. The molecule has 2 aliphatic rings. The molecule has 2 aromatic rings. The van der Waals surface area contributed by atoms with E-state index in [4.69, 9.17) is 9.47 Å². The Morgan fingerprint density at radius 2 is 1.71 bits per heavy atom. The van der Waals surface area contributed by atoms with Gasteiger partial charge in [0.25, 0.3) is 0 Å². The molecule has 8 heteroatoms. The lowest BCUT2D eigenvalue weighted by Crippen LogP contribution is -2.58. The maximum absolute atomic E-state index is 13.9. The Hall–Kier alpha value is -3.23. The molecule has 0 saturated carbocycles. The predicted octanol–water partition coefficient (Wildman–Crippen LogP) is 2.85. The van der Waals surface area contributed by atoms with Crippen molar-refractivity contribution in [3.63, 3.8) is 0 Å². The smallest absolute Gasteiger partial charge is 0.329 e. The second-order valence-corrected chi connectivity index (χ2v) is 10.1. The summed E-state index contributed by atoms with van der Waals surface area (Å²) in [5.74, 6) is -0.715. The van der Waals surface area contributed by atoms with E-state index in [2.05, 4.69) is 10.6 Å². The van der Waals surface area contributed by atoms with E-state index in [-0.39, 0.29) is 43.0 Å². The van der Waals surface area contributed by atoms with Crippen LogP contribution in [0.2, 0.25) is 0 Å². The Morgan fingerprint density at radius 3 is 2.39 bits per heavy atom. The fourth-order valence-corrected chi connectivity index (χ4v) is 5.54. The van der Waals surface area contributed by atoms with Gasteiger partial charge in [0.2, 0.25) is 5.91 Å². The summed E-state index contributed by atoms with van der Waals surface area (Å²) in [6.07, 6.45) is 2.66. The average Bonchev–Trinajstić information content (AvgIpc) is 3.34. The van der Waals surface area contributed by atoms with Crippen LogP contribution in [0, 0.1) is 5.92 Å². The molecule has 1 amide bonds. The number of hydrogen-bond donors (Lipinski definition) is 2. The normalized spacial score (nSPS) is 22.3. The SMILES string of the molecule is CCOC(=O)[C@H](CCc1ccccc1)N[C@H](C)C(=O)N1[C@H](C(=O)OCc2ccccc2)C[C@@H]2CCNC[C@@H]21. The van der Waals surface area contributed by atoms with E-state index in [1.54, 1.807) is 18.7 Å². The fraction of sp³-hybridized carbons (Fsp3) is 0.500. The molecule has 0 spiro atoms. The lowest BCUT2D eigenvalue weighted by Gasteiger charge is -2.36. The van der Waals surface area contributed by atoms with Crippen LogP contribution in [0.1, 0.15) is 44.2 Å². The van der Waals surface area contributed by atoms with Gasteiger partial charge in [-0.1, -0.05) is 60.7 Å². The summed E-state index contributed by atoms with van der Waals surface area (Å²) >= 11 is 0. The van der Waals surface area contributed by atoms with Crippen LogP contribution in [0.15, 0.2) is 60.7 Å². The minimum atomic E-state index is -0.676. The third kappa shape index (κ3) is 6.99. The van der Waals surface area contributed by atoms with Gasteiger partial charge in [-0.2, -0.15) is 0 Å². The highest BCUT2D eigenvalue weighted by Gasteiger charge is 2.49.